The van der Waals surface area contributed by atoms with Gasteiger partial charge in [-0.1, -0.05) is 27.7 Å². The molecule has 0 aliphatic rings. The van der Waals surface area contributed by atoms with Gasteiger partial charge in [0.2, 0.25) is 0 Å². The van der Waals surface area contributed by atoms with Crippen molar-refractivity contribution in [2.45, 2.75) is 66.5 Å². The van der Waals surface area contributed by atoms with E-state index < -0.39 is 0 Å². The van der Waals surface area contributed by atoms with Gasteiger partial charge in [-0.3, -0.25) is 0 Å². The lowest BCUT2D eigenvalue weighted by Crippen LogP contribution is -2.40. The summed E-state index contributed by atoms with van der Waals surface area (Å²) in [6, 6.07) is 1.39. The maximum absolute atomic E-state index is 2.50. The smallest absolute Gasteiger partial charge is 0.0109 e. The zero-order valence-electron chi connectivity index (χ0n) is 14.0. The first-order valence-corrected chi connectivity index (χ1v) is 7.64. The summed E-state index contributed by atoms with van der Waals surface area (Å²) in [4.78, 5) is 5.00. The summed E-state index contributed by atoms with van der Waals surface area (Å²) in [7, 11) is 4.52. The van der Waals surface area contributed by atoms with Crippen LogP contribution in [-0.4, -0.2) is 49.1 Å². The number of likely N-dealkylation sites (N-methyl/N-ethyl adjacent to an activating group) is 2. The second-order valence-corrected chi connectivity index (χ2v) is 6.92. The fourth-order valence-corrected chi connectivity index (χ4v) is 2.48. The normalized spacial score (nSPS) is 16.0. The first-order chi connectivity index (χ1) is 8.23. The molecule has 0 radical (unpaired) electrons. The predicted molar refractivity (Wildman–Crippen MR) is 83.1 cm³/mol. The van der Waals surface area contributed by atoms with Crippen molar-refractivity contribution < 1.29 is 0 Å². The summed E-state index contributed by atoms with van der Waals surface area (Å²) < 4.78 is 0. The monoisotopic (exact) mass is 256 g/mol. The highest BCUT2D eigenvalue weighted by molar-refractivity contribution is 4.70. The Labute approximate surface area is 116 Å². The molecule has 0 fully saturated rings. The lowest BCUT2D eigenvalue weighted by molar-refractivity contribution is 0.167. The van der Waals surface area contributed by atoms with Gasteiger partial charge in [0.05, 0.1) is 0 Å². The van der Waals surface area contributed by atoms with Crippen molar-refractivity contribution in [2.75, 3.05) is 27.2 Å². The molecule has 0 spiro atoms. The third kappa shape index (κ3) is 8.10. The molecule has 0 bridgehead atoms. The molecule has 0 N–H and O–H groups in total. The van der Waals surface area contributed by atoms with E-state index in [-0.39, 0.29) is 0 Å². The van der Waals surface area contributed by atoms with Crippen LogP contribution < -0.4 is 0 Å². The first-order valence-electron chi connectivity index (χ1n) is 7.64. The first kappa shape index (κ1) is 17.9. The SMILES string of the molecule is CC(C)CC(C)N(C)CCN(C)C(C)CC(C)C. The molecule has 0 aliphatic heterocycles. The summed E-state index contributed by atoms with van der Waals surface area (Å²) in [6.07, 6.45) is 2.59. The molecule has 110 valence electrons. The lowest BCUT2D eigenvalue weighted by atomic mass is 10.0. The van der Waals surface area contributed by atoms with Gasteiger partial charge in [-0.05, 0) is 52.6 Å². The molecule has 0 aromatic carbocycles. The van der Waals surface area contributed by atoms with Crippen LogP contribution in [0.1, 0.15) is 54.4 Å². The van der Waals surface area contributed by atoms with Gasteiger partial charge in [-0.25, -0.2) is 0 Å². The quantitative estimate of drug-likeness (QED) is 0.620. The molecule has 0 heterocycles. The van der Waals surface area contributed by atoms with Gasteiger partial charge in [0.1, 0.15) is 0 Å². The minimum atomic E-state index is 0.693. The third-order valence-corrected chi connectivity index (χ3v) is 3.94. The van der Waals surface area contributed by atoms with Gasteiger partial charge >= 0.3 is 0 Å². The van der Waals surface area contributed by atoms with E-state index in [4.69, 9.17) is 0 Å². The van der Waals surface area contributed by atoms with Crippen LogP contribution in [0.4, 0.5) is 0 Å². The summed E-state index contributed by atoms with van der Waals surface area (Å²) >= 11 is 0. The van der Waals surface area contributed by atoms with E-state index in [0.29, 0.717) is 12.1 Å². The van der Waals surface area contributed by atoms with E-state index in [1.807, 2.05) is 0 Å². The molecule has 0 aromatic rings. The van der Waals surface area contributed by atoms with Gasteiger partial charge in [0.25, 0.3) is 0 Å². The van der Waals surface area contributed by atoms with Gasteiger partial charge in [-0.2, -0.15) is 0 Å². The Morgan fingerprint density at radius 2 is 0.889 bits per heavy atom. The highest BCUT2D eigenvalue weighted by atomic mass is 15.2. The molecule has 2 atom stereocenters. The zero-order valence-corrected chi connectivity index (χ0v) is 14.0. The second kappa shape index (κ2) is 8.92. The number of hydrogen-bond acceptors (Lipinski definition) is 2. The molecule has 0 saturated carbocycles. The Balaban J connectivity index is 3.93. The van der Waals surface area contributed by atoms with Crippen LogP contribution in [0.5, 0.6) is 0 Å². The highest BCUT2D eigenvalue weighted by Gasteiger charge is 2.14. The molecule has 2 heteroatoms. The summed E-state index contributed by atoms with van der Waals surface area (Å²) in [5.41, 5.74) is 0. The largest absolute Gasteiger partial charge is 0.302 e. The van der Waals surface area contributed by atoms with E-state index in [1.165, 1.54) is 25.9 Å². The van der Waals surface area contributed by atoms with Crippen LogP contribution in [-0.2, 0) is 0 Å². The highest BCUT2D eigenvalue weighted by Crippen LogP contribution is 2.11. The van der Waals surface area contributed by atoms with Crippen molar-refractivity contribution >= 4 is 0 Å². The van der Waals surface area contributed by atoms with Crippen LogP contribution in [0.25, 0.3) is 0 Å². The minimum Gasteiger partial charge on any atom is -0.302 e. The van der Waals surface area contributed by atoms with Gasteiger partial charge in [0, 0.05) is 25.2 Å². The van der Waals surface area contributed by atoms with E-state index in [9.17, 15) is 0 Å². The minimum absolute atomic E-state index is 0.693. The van der Waals surface area contributed by atoms with E-state index in [1.54, 1.807) is 0 Å². The summed E-state index contributed by atoms with van der Waals surface area (Å²) in [6.45, 7) is 16.3. The van der Waals surface area contributed by atoms with Crippen molar-refractivity contribution in [1.82, 2.24) is 9.80 Å². The average molecular weight is 256 g/mol. The van der Waals surface area contributed by atoms with Crippen molar-refractivity contribution in [3.05, 3.63) is 0 Å². The lowest BCUT2D eigenvalue weighted by Gasteiger charge is -2.31. The van der Waals surface area contributed by atoms with E-state index >= 15 is 0 Å². The Kier molecular flexibility index (Phi) is 8.89. The molecule has 18 heavy (non-hydrogen) atoms. The second-order valence-electron chi connectivity index (χ2n) is 6.92. The third-order valence-electron chi connectivity index (χ3n) is 3.94. The molecular weight excluding hydrogens is 220 g/mol. The summed E-state index contributed by atoms with van der Waals surface area (Å²) in [5.74, 6) is 1.58. The van der Waals surface area contributed by atoms with Gasteiger partial charge in [0.15, 0.2) is 0 Å². The Morgan fingerprint density at radius 3 is 1.11 bits per heavy atom. The molecule has 0 saturated heterocycles. The van der Waals surface area contributed by atoms with Crippen LogP contribution >= 0.6 is 0 Å². The molecule has 0 aromatic heterocycles. The van der Waals surface area contributed by atoms with Crippen molar-refractivity contribution in [1.29, 1.82) is 0 Å². The fourth-order valence-electron chi connectivity index (χ4n) is 2.48. The topological polar surface area (TPSA) is 6.48 Å². The Bertz CT molecular complexity index is 179. The molecule has 0 aliphatic carbocycles. The summed E-state index contributed by atoms with van der Waals surface area (Å²) in [5, 5.41) is 0. The van der Waals surface area contributed by atoms with Crippen LogP contribution in [0.15, 0.2) is 0 Å². The van der Waals surface area contributed by atoms with Crippen molar-refractivity contribution in [2.24, 2.45) is 11.8 Å². The number of rotatable bonds is 9. The van der Waals surface area contributed by atoms with E-state index in [2.05, 4.69) is 65.4 Å². The van der Waals surface area contributed by atoms with E-state index in [0.717, 1.165) is 11.8 Å². The maximum atomic E-state index is 2.50. The standard InChI is InChI=1S/C16H36N2/c1-13(2)11-15(5)17(7)9-10-18(8)16(6)12-14(3)4/h13-16H,9-12H2,1-8H3. The molecule has 2 nitrogen and oxygen atoms in total. The van der Waals surface area contributed by atoms with Gasteiger partial charge < -0.3 is 9.80 Å². The number of hydrogen-bond donors (Lipinski definition) is 0. The molecule has 2 unspecified atom stereocenters. The van der Waals surface area contributed by atoms with Gasteiger partial charge in [-0.15, -0.1) is 0 Å². The fraction of sp³-hybridized carbons (Fsp3) is 1.00. The maximum Gasteiger partial charge on any atom is 0.0109 e. The zero-order chi connectivity index (χ0) is 14.3. The van der Waals surface area contributed by atoms with Crippen molar-refractivity contribution in [3.8, 4) is 0 Å². The van der Waals surface area contributed by atoms with Crippen LogP contribution in [0.2, 0.25) is 0 Å². The predicted octanol–water partition coefficient (Wildman–Crippen LogP) is 3.72. The average Bonchev–Trinajstić information content (AvgIpc) is 2.23. The molecule has 0 rings (SSSR count). The molecular formula is C16H36N2. The van der Waals surface area contributed by atoms with Crippen molar-refractivity contribution in [3.63, 3.8) is 0 Å². The van der Waals surface area contributed by atoms with Crippen LogP contribution in [0.3, 0.4) is 0 Å². The molecule has 0 amide bonds. The number of nitrogens with zero attached hydrogens (tertiary/aromatic N) is 2. The van der Waals surface area contributed by atoms with Crippen LogP contribution in [0, 0.1) is 11.8 Å². The Hall–Kier alpha value is -0.0800. The Morgan fingerprint density at radius 1 is 0.611 bits per heavy atom.